The molecule has 0 unspecified atom stereocenters. The van der Waals surface area contributed by atoms with Gasteiger partial charge in [-0.25, -0.2) is 0 Å². The van der Waals surface area contributed by atoms with Gasteiger partial charge in [0.2, 0.25) is 0 Å². The number of hydrogen-bond donors (Lipinski definition) is 1. The van der Waals surface area contributed by atoms with Crippen LogP contribution in [0.1, 0.15) is 5.82 Å². The second kappa shape index (κ2) is 4.40. The van der Waals surface area contributed by atoms with E-state index in [-0.39, 0.29) is 0 Å². The van der Waals surface area contributed by atoms with Crippen LogP contribution in [-0.2, 0) is 13.1 Å². The summed E-state index contributed by atoms with van der Waals surface area (Å²) in [4.78, 5) is 0. The fraction of sp³-hybridized carbons (Fsp3) is 0.273. The van der Waals surface area contributed by atoms with E-state index in [9.17, 15) is 0 Å². The van der Waals surface area contributed by atoms with Crippen molar-refractivity contribution in [3.8, 4) is 11.4 Å². The van der Waals surface area contributed by atoms with Gasteiger partial charge in [0.15, 0.2) is 5.82 Å². The van der Waals surface area contributed by atoms with Gasteiger partial charge in [0.25, 0.3) is 0 Å². The third kappa shape index (κ3) is 1.99. The molecule has 2 aromatic rings. The average molecular weight is 314 g/mol. The largest absolute Gasteiger partial charge is 0.309 e. The van der Waals surface area contributed by atoms with Crippen molar-refractivity contribution in [1.82, 2.24) is 20.1 Å². The van der Waals surface area contributed by atoms with E-state index in [1.54, 1.807) is 0 Å². The summed E-state index contributed by atoms with van der Waals surface area (Å²) in [6, 6.07) is 5.69. The van der Waals surface area contributed by atoms with Crippen LogP contribution in [0.5, 0.6) is 0 Å². The monoisotopic (exact) mass is 312 g/mol. The third-order valence-electron chi connectivity index (χ3n) is 2.79. The Kier molecular flexibility index (Phi) is 2.90. The third-order valence-corrected chi connectivity index (χ3v) is 3.72. The van der Waals surface area contributed by atoms with Crippen molar-refractivity contribution in [3.05, 3.63) is 33.5 Å². The zero-order valence-electron chi connectivity index (χ0n) is 8.95. The van der Waals surface area contributed by atoms with Gasteiger partial charge in [-0.1, -0.05) is 27.5 Å². The Morgan fingerprint density at radius 1 is 1.35 bits per heavy atom. The SMILES string of the molecule is Clc1ccc(Br)c(-c2nnc3n2CCNC3)c1. The number of aromatic nitrogens is 3. The van der Waals surface area contributed by atoms with Crippen molar-refractivity contribution in [2.45, 2.75) is 13.1 Å². The number of nitrogens with zero attached hydrogens (tertiary/aromatic N) is 3. The standard InChI is InChI=1S/C11H10BrClN4/c12-9-2-1-7(13)5-8(9)11-16-15-10-6-14-3-4-17(10)11/h1-2,5,14H,3-4,6H2. The first kappa shape index (κ1) is 11.2. The van der Waals surface area contributed by atoms with E-state index in [1.165, 1.54) is 0 Å². The zero-order chi connectivity index (χ0) is 11.8. The van der Waals surface area contributed by atoms with Crippen molar-refractivity contribution in [2.24, 2.45) is 0 Å². The lowest BCUT2D eigenvalue weighted by Crippen LogP contribution is -2.28. The normalized spacial score (nSPS) is 14.7. The van der Waals surface area contributed by atoms with E-state index in [4.69, 9.17) is 11.6 Å². The van der Waals surface area contributed by atoms with E-state index in [2.05, 4.69) is 36.0 Å². The van der Waals surface area contributed by atoms with Gasteiger partial charge in [0.05, 0.1) is 6.54 Å². The summed E-state index contributed by atoms with van der Waals surface area (Å²) >= 11 is 9.55. The molecule has 1 aliphatic heterocycles. The van der Waals surface area contributed by atoms with E-state index in [1.807, 2.05) is 18.2 Å². The molecular weight excluding hydrogens is 304 g/mol. The van der Waals surface area contributed by atoms with Crippen LogP contribution in [0.2, 0.25) is 5.02 Å². The highest BCUT2D eigenvalue weighted by Crippen LogP contribution is 2.30. The maximum absolute atomic E-state index is 6.03. The average Bonchev–Trinajstić information content (AvgIpc) is 2.76. The molecule has 0 atom stereocenters. The summed E-state index contributed by atoms with van der Waals surface area (Å²) in [5.74, 6) is 1.84. The molecule has 17 heavy (non-hydrogen) atoms. The Hall–Kier alpha value is -0.910. The van der Waals surface area contributed by atoms with E-state index < -0.39 is 0 Å². The van der Waals surface area contributed by atoms with Gasteiger partial charge in [-0.15, -0.1) is 10.2 Å². The fourth-order valence-corrected chi connectivity index (χ4v) is 2.56. The molecule has 88 valence electrons. The molecule has 1 aromatic heterocycles. The minimum atomic E-state index is 0.703. The van der Waals surface area contributed by atoms with Crippen molar-refractivity contribution in [2.75, 3.05) is 6.54 Å². The molecule has 1 N–H and O–H groups in total. The van der Waals surface area contributed by atoms with Crippen LogP contribution >= 0.6 is 27.5 Å². The first-order valence-corrected chi connectivity index (χ1v) is 6.51. The zero-order valence-corrected chi connectivity index (χ0v) is 11.3. The van der Waals surface area contributed by atoms with Crippen molar-refractivity contribution in [3.63, 3.8) is 0 Å². The molecule has 0 saturated heterocycles. The van der Waals surface area contributed by atoms with Gasteiger partial charge in [-0.05, 0) is 18.2 Å². The number of halogens is 2. The van der Waals surface area contributed by atoms with E-state index >= 15 is 0 Å². The Morgan fingerprint density at radius 3 is 3.12 bits per heavy atom. The van der Waals surface area contributed by atoms with Crippen LogP contribution in [0, 0.1) is 0 Å². The minimum absolute atomic E-state index is 0.703. The summed E-state index contributed by atoms with van der Waals surface area (Å²) in [5.41, 5.74) is 0.984. The van der Waals surface area contributed by atoms with Crippen LogP contribution in [0.25, 0.3) is 11.4 Å². The Balaban J connectivity index is 2.15. The van der Waals surface area contributed by atoms with Crippen molar-refractivity contribution < 1.29 is 0 Å². The van der Waals surface area contributed by atoms with Gasteiger partial charge >= 0.3 is 0 Å². The molecule has 1 aliphatic rings. The minimum Gasteiger partial charge on any atom is -0.309 e. The van der Waals surface area contributed by atoms with Crippen molar-refractivity contribution >= 4 is 27.5 Å². The van der Waals surface area contributed by atoms with Crippen LogP contribution in [-0.4, -0.2) is 21.3 Å². The first-order chi connectivity index (χ1) is 8.25. The Labute approximate surface area is 112 Å². The van der Waals surface area contributed by atoms with Gasteiger partial charge in [0, 0.05) is 28.1 Å². The van der Waals surface area contributed by atoms with E-state index in [0.717, 1.165) is 41.3 Å². The highest BCUT2D eigenvalue weighted by molar-refractivity contribution is 9.10. The molecule has 0 radical (unpaired) electrons. The Morgan fingerprint density at radius 2 is 2.24 bits per heavy atom. The molecule has 0 spiro atoms. The number of fused-ring (bicyclic) bond motifs is 1. The summed E-state index contributed by atoms with van der Waals surface area (Å²) in [6.45, 7) is 2.60. The molecule has 2 heterocycles. The van der Waals surface area contributed by atoms with Gasteiger partial charge in [-0.3, -0.25) is 0 Å². The number of hydrogen-bond acceptors (Lipinski definition) is 3. The second-order valence-corrected chi connectivity index (χ2v) is 5.18. The summed E-state index contributed by atoms with van der Waals surface area (Å²) in [7, 11) is 0. The smallest absolute Gasteiger partial charge is 0.165 e. The maximum atomic E-state index is 6.03. The molecule has 0 amide bonds. The van der Waals surface area contributed by atoms with Crippen LogP contribution < -0.4 is 5.32 Å². The first-order valence-electron chi connectivity index (χ1n) is 5.34. The molecule has 3 rings (SSSR count). The van der Waals surface area contributed by atoms with Crippen LogP contribution in [0.4, 0.5) is 0 Å². The lowest BCUT2D eigenvalue weighted by Gasteiger charge is -2.16. The molecule has 4 nitrogen and oxygen atoms in total. The summed E-state index contributed by atoms with van der Waals surface area (Å²) < 4.78 is 3.11. The predicted octanol–water partition coefficient (Wildman–Crippen LogP) is 2.46. The number of rotatable bonds is 1. The van der Waals surface area contributed by atoms with Gasteiger partial charge < -0.3 is 9.88 Å². The number of benzene rings is 1. The molecule has 0 aliphatic carbocycles. The topological polar surface area (TPSA) is 42.7 Å². The summed E-state index contributed by atoms with van der Waals surface area (Å²) in [6.07, 6.45) is 0. The molecule has 0 bridgehead atoms. The van der Waals surface area contributed by atoms with Crippen molar-refractivity contribution in [1.29, 1.82) is 0 Å². The molecule has 1 aromatic carbocycles. The molecular formula is C11H10BrClN4. The van der Waals surface area contributed by atoms with Gasteiger partial charge in [-0.2, -0.15) is 0 Å². The highest BCUT2D eigenvalue weighted by Gasteiger charge is 2.18. The Bertz CT molecular complexity index is 567. The fourth-order valence-electron chi connectivity index (χ4n) is 1.96. The number of nitrogens with one attached hydrogen (secondary N) is 1. The predicted molar refractivity (Wildman–Crippen MR) is 69.9 cm³/mol. The van der Waals surface area contributed by atoms with Crippen LogP contribution in [0.3, 0.4) is 0 Å². The quantitative estimate of drug-likeness (QED) is 0.879. The highest BCUT2D eigenvalue weighted by atomic mass is 79.9. The maximum Gasteiger partial charge on any atom is 0.165 e. The molecule has 6 heteroatoms. The molecule has 0 fully saturated rings. The lowest BCUT2D eigenvalue weighted by molar-refractivity contribution is 0.508. The van der Waals surface area contributed by atoms with Gasteiger partial charge in [0.1, 0.15) is 5.82 Å². The van der Waals surface area contributed by atoms with E-state index in [0.29, 0.717) is 5.02 Å². The second-order valence-electron chi connectivity index (χ2n) is 3.89. The lowest BCUT2D eigenvalue weighted by atomic mass is 10.2. The van der Waals surface area contributed by atoms with Crippen LogP contribution in [0.15, 0.2) is 22.7 Å². The summed E-state index contributed by atoms with van der Waals surface area (Å²) in [5, 5.41) is 12.4. The molecule has 0 saturated carbocycles.